The topological polar surface area (TPSA) is 83.6 Å². The molecule has 0 saturated carbocycles. The highest BCUT2D eigenvalue weighted by Crippen LogP contribution is 2.23. The third kappa shape index (κ3) is 6.39. The molecular weight excluding hydrogens is 296 g/mol. The van der Waals surface area contributed by atoms with Gasteiger partial charge in [0.05, 0.1) is 17.5 Å². The van der Waals surface area contributed by atoms with Gasteiger partial charge < -0.3 is 27.1 Å². The summed E-state index contributed by atoms with van der Waals surface area (Å²) in [5.41, 5.74) is 0.689. The molecule has 2 atom stereocenters. The van der Waals surface area contributed by atoms with Gasteiger partial charge in [0.1, 0.15) is 31.8 Å². The van der Waals surface area contributed by atoms with Crippen molar-refractivity contribution >= 4 is 5.69 Å². The quantitative estimate of drug-likeness (QED) is 0.357. The number of nitro groups is 1. The maximum Gasteiger partial charge on any atom is 0.278 e. The Morgan fingerprint density at radius 1 is 1.19 bits per heavy atom. The molecule has 0 bridgehead atoms. The summed E-state index contributed by atoms with van der Waals surface area (Å²) in [6, 6.07) is 6.59. The fourth-order valence-corrected chi connectivity index (χ4v) is 2.71. The number of benzene rings is 1. The molecule has 0 amide bonds. The minimum atomic E-state index is -0.540. The van der Waals surface area contributed by atoms with E-state index in [1.807, 2.05) is 7.05 Å². The number of aliphatic hydroxyl groups excluding tert-OH is 2. The van der Waals surface area contributed by atoms with E-state index in [4.69, 9.17) is 0 Å². The maximum atomic E-state index is 11.1. The second-order valence-corrected chi connectivity index (χ2v) is 5.73. The van der Waals surface area contributed by atoms with Crippen LogP contribution in [-0.4, -0.2) is 52.0 Å². The fraction of sp³-hybridized carbons (Fsp3) is 0.571. The van der Waals surface area contributed by atoms with Gasteiger partial charge in [-0.05, 0) is 19.9 Å². The number of nitro benzene ring substituents is 1. The Labute approximate surface area is 131 Å². The van der Waals surface area contributed by atoms with E-state index in [2.05, 4.69) is 0 Å². The maximum absolute atomic E-state index is 11.1. The van der Waals surface area contributed by atoms with E-state index in [9.17, 15) is 20.3 Å². The molecule has 1 aromatic carbocycles. The zero-order chi connectivity index (χ0) is 15.3. The van der Waals surface area contributed by atoms with Gasteiger partial charge in [-0.2, -0.15) is 0 Å². The van der Waals surface area contributed by atoms with Crippen LogP contribution in [0.5, 0.6) is 0 Å². The summed E-state index contributed by atoms with van der Waals surface area (Å²) < 4.78 is 0.347. The molecule has 0 aliphatic heterocycles. The lowest BCUT2D eigenvalue weighted by Gasteiger charge is -2.36. The average Bonchev–Trinajstić information content (AvgIpc) is 2.26. The van der Waals surface area contributed by atoms with Crippen LogP contribution in [0.15, 0.2) is 24.3 Å². The van der Waals surface area contributed by atoms with Crippen LogP contribution >= 0.6 is 0 Å². The molecule has 2 N–H and O–H groups in total. The third-order valence-corrected chi connectivity index (χ3v) is 3.15. The smallest absolute Gasteiger partial charge is 0.278 e. The zero-order valence-corrected chi connectivity index (χ0v) is 13.3. The van der Waals surface area contributed by atoms with E-state index in [0.717, 1.165) is 0 Å². The van der Waals surface area contributed by atoms with Crippen LogP contribution in [0.4, 0.5) is 5.69 Å². The lowest BCUT2D eigenvalue weighted by molar-refractivity contribution is -0.927. The van der Waals surface area contributed by atoms with Crippen molar-refractivity contribution in [1.29, 1.82) is 0 Å². The lowest BCUT2D eigenvalue weighted by atomic mass is 10.1. The monoisotopic (exact) mass is 318 g/mol. The molecule has 120 valence electrons. The van der Waals surface area contributed by atoms with Gasteiger partial charge in [-0.3, -0.25) is 10.1 Å². The molecule has 0 fully saturated rings. The van der Waals surface area contributed by atoms with Crippen LogP contribution in [0.2, 0.25) is 0 Å². The van der Waals surface area contributed by atoms with Gasteiger partial charge in [0.2, 0.25) is 0 Å². The second kappa shape index (κ2) is 8.29. The zero-order valence-electron chi connectivity index (χ0n) is 12.6. The van der Waals surface area contributed by atoms with Crippen LogP contribution in [0.25, 0.3) is 0 Å². The SMILES string of the molecule is CC(O)C[N+](C)(Cc1ccccc1[N+](=O)[O-])CC(C)O.[Cl-]. The van der Waals surface area contributed by atoms with E-state index < -0.39 is 17.1 Å². The largest absolute Gasteiger partial charge is 1.00 e. The van der Waals surface area contributed by atoms with Crippen LogP contribution in [-0.2, 0) is 6.54 Å². The molecule has 7 heteroatoms. The van der Waals surface area contributed by atoms with Crippen LogP contribution in [0.1, 0.15) is 19.4 Å². The number of rotatable bonds is 7. The number of aliphatic hydroxyl groups is 2. The summed E-state index contributed by atoms with van der Waals surface area (Å²) in [7, 11) is 1.89. The highest BCUT2D eigenvalue weighted by Gasteiger charge is 2.29. The van der Waals surface area contributed by atoms with Gasteiger partial charge in [0, 0.05) is 6.07 Å². The highest BCUT2D eigenvalue weighted by atomic mass is 35.5. The van der Waals surface area contributed by atoms with Crippen molar-refractivity contribution in [1.82, 2.24) is 0 Å². The van der Waals surface area contributed by atoms with Crippen LogP contribution < -0.4 is 12.4 Å². The van der Waals surface area contributed by atoms with E-state index in [-0.39, 0.29) is 18.1 Å². The predicted molar refractivity (Wildman–Crippen MR) is 76.1 cm³/mol. The first-order valence-electron chi connectivity index (χ1n) is 6.65. The van der Waals surface area contributed by atoms with Gasteiger partial charge in [0.15, 0.2) is 0 Å². The minimum absolute atomic E-state index is 0. The third-order valence-electron chi connectivity index (χ3n) is 3.15. The Morgan fingerprint density at radius 3 is 2.10 bits per heavy atom. The average molecular weight is 319 g/mol. The van der Waals surface area contributed by atoms with E-state index in [0.29, 0.717) is 29.7 Å². The number of para-hydroxylation sites is 1. The summed E-state index contributed by atoms with van der Waals surface area (Å²) in [6.07, 6.45) is -1.08. The van der Waals surface area contributed by atoms with Gasteiger partial charge >= 0.3 is 0 Å². The van der Waals surface area contributed by atoms with Crippen molar-refractivity contribution < 1.29 is 32.0 Å². The van der Waals surface area contributed by atoms with E-state index in [1.165, 1.54) is 6.07 Å². The van der Waals surface area contributed by atoms with Gasteiger partial charge in [0.25, 0.3) is 5.69 Å². The summed E-state index contributed by atoms with van der Waals surface area (Å²) >= 11 is 0. The van der Waals surface area contributed by atoms with Crippen LogP contribution in [0.3, 0.4) is 0 Å². The molecule has 0 heterocycles. The number of halogens is 1. The summed E-state index contributed by atoms with van der Waals surface area (Å²) in [5, 5.41) is 30.3. The molecule has 21 heavy (non-hydrogen) atoms. The molecule has 0 aliphatic carbocycles. The number of quaternary nitrogens is 1. The van der Waals surface area contributed by atoms with Crippen molar-refractivity contribution in [3.8, 4) is 0 Å². The summed E-state index contributed by atoms with van der Waals surface area (Å²) in [6.45, 7) is 4.61. The van der Waals surface area contributed by atoms with Gasteiger partial charge in [-0.15, -0.1) is 0 Å². The van der Waals surface area contributed by atoms with Gasteiger partial charge in [-0.25, -0.2) is 0 Å². The first kappa shape index (κ1) is 19.8. The first-order valence-corrected chi connectivity index (χ1v) is 6.65. The number of hydrogen-bond acceptors (Lipinski definition) is 4. The Morgan fingerprint density at radius 2 is 1.67 bits per heavy atom. The molecule has 0 radical (unpaired) electrons. The van der Waals surface area contributed by atoms with Crippen molar-refractivity contribution in [2.75, 3.05) is 20.1 Å². The molecule has 6 nitrogen and oxygen atoms in total. The molecular formula is C14H23ClN2O4. The molecule has 0 aliphatic rings. The standard InChI is InChI=1S/C14H23N2O4.ClH/c1-11(17)8-16(3,9-12(2)18)10-13-6-4-5-7-14(13)15(19)20;/h4-7,11-12,17-18H,8-10H2,1-3H3;1H/q+1;/p-1. The molecule has 0 aromatic heterocycles. The molecule has 0 spiro atoms. The molecule has 1 rings (SSSR count). The van der Waals surface area contributed by atoms with Crippen molar-refractivity contribution in [3.05, 3.63) is 39.9 Å². The number of hydrogen-bond donors (Lipinski definition) is 2. The van der Waals surface area contributed by atoms with Crippen LogP contribution in [0, 0.1) is 10.1 Å². The number of likely N-dealkylation sites (N-methyl/N-ethyl adjacent to an activating group) is 1. The van der Waals surface area contributed by atoms with Crippen molar-refractivity contribution in [2.24, 2.45) is 0 Å². The Hall–Kier alpha value is -1.21. The molecule has 0 saturated heterocycles. The lowest BCUT2D eigenvalue weighted by Crippen LogP contribution is -3.00. The number of nitrogens with zero attached hydrogens (tertiary/aromatic N) is 2. The molecule has 1 aromatic rings. The molecule has 2 unspecified atom stereocenters. The Balaban J connectivity index is 0.00000400. The normalized spacial score (nSPS) is 16.4. The Kier molecular flexibility index (Phi) is 7.81. The Bertz CT molecular complexity index is 456. The fourth-order valence-electron chi connectivity index (χ4n) is 2.71. The van der Waals surface area contributed by atoms with E-state index in [1.54, 1.807) is 32.0 Å². The first-order chi connectivity index (χ1) is 9.23. The summed E-state index contributed by atoms with van der Waals surface area (Å²) in [4.78, 5) is 10.7. The van der Waals surface area contributed by atoms with Gasteiger partial charge in [-0.1, -0.05) is 12.1 Å². The summed E-state index contributed by atoms with van der Waals surface area (Å²) in [5.74, 6) is 0. The van der Waals surface area contributed by atoms with Crippen molar-refractivity contribution in [2.45, 2.75) is 32.6 Å². The minimum Gasteiger partial charge on any atom is -1.00 e. The second-order valence-electron chi connectivity index (χ2n) is 5.73. The van der Waals surface area contributed by atoms with Crippen molar-refractivity contribution in [3.63, 3.8) is 0 Å². The predicted octanol–water partition coefficient (Wildman–Crippen LogP) is -1.69. The highest BCUT2D eigenvalue weighted by molar-refractivity contribution is 5.39. The van der Waals surface area contributed by atoms with E-state index >= 15 is 0 Å².